The summed E-state index contributed by atoms with van der Waals surface area (Å²) in [6.45, 7) is 1.80. The predicted octanol–water partition coefficient (Wildman–Crippen LogP) is 2.26. The van der Waals surface area contributed by atoms with Crippen LogP contribution in [-0.2, 0) is 9.59 Å². The van der Waals surface area contributed by atoms with E-state index in [9.17, 15) is 14.4 Å². The van der Waals surface area contributed by atoms with E-state index >= 15 is 0 Å². The molecule has 3 aromatic rings. The Morgan fingerprint density at radius 1 is 1.20 bits per heavy atom. The number of nitrogens with zero attached hydrogens (tertiary/aromatic N) is 2. The molecule has 1 fully saturated rings. The average molecular weight is 407 g/mol. The molecule has 9 nitrogen and oxygen atoms in total. The van der Waals surface area contributed by atoms with Gasteiger partial charge in [0.1, 0.15) is 17.6 Å². The number of ether oxygens (including phenoxy) is 1. The summed E-state index contributed by atoms with van der Waals surface area (Å²) in [6, 6.07) is 12.2. The van der Waals surface area contributed by atoms with Crippen LogP contribution in [0, 0.1) is 0 Å². The van der Waals surface area contributed by atoms with Crippen molar-refractivity contribution >= 4 is 34.6 Å². The third-order valence-electron chi connectivity index (χ3n) is 4.93. The van der Waals surface area contributed by atoms with Gasteiger partial charge < -0.3 is 20.4 Å². The molecule has 3 N–H and O–H groups in total. The molecule has 1 aromatic heterocycles. The van der Waals surface area contributed by atoms with Crippen LogP contribution in [0.15, 0.2) is 48.5 Å². The highest BCUT2D eigenvalue weighted by molar-refractivity contribution is 6.22. The highest BCUT2D eigenvalue weighted by atomic mass is 16.5. The number of fused-ring (bicyclic) bond motifs is 1. The van der Waals surface area contributed by atoms with Gasteiger partial charge in [0.15, 0.2) is 0 Å². The van der Waals surface area contributed by atoms with E-state index in [0.717, 1.165) is 15.9 Å². The van der Waals surface area contributed by atoms with E-state index in [1.807, 2.05) is 24.3 Å². The number of urea groups is 1. The molecular weight excluding hydrogens is 386 g/mol. The molecule has 30 heavy (non-hydrogen) atoms. The van der Waals surface area contributed by atoms with Gasteiger partial charge in [-0.3, -0.25) is 9.59 Å². The maximum Gasteiger partial charge on any atom is 0.329 e. The molecule has 0 saturated carbocycles. The number of carbonyl (C=O) groups is 3. The van der Waals surface area contributed by atoms with Crippen LogP contribution >= 0.6 is 0 Å². The summed E-state index contributed by atoms with van der Waals surface area (Å²) in [7, 11) is 1.53. The van der Waals surface area contributed by atoms with Crippen LogP contribution in [0.25, 0.3) is 11.0 Å². The molecule has 0 bridgehead atoms. The largest absolute Gasteiger partial charge is 0.497 e. The molecule has 2 aromatic carbocycles. The fraction of sp³-hybridized carbons (Fsp3) is 0.238. The normalized spacial score (nSPS) is 17.1. The molecule has 1 saturated heterocycles. The maximum atomic E-state index is 12.7. The van der Waals surface area contributed by atoms with Gasteiger partial charge in [0.05, 0.1) is 36.3 Å². The van der Waals surface area contributed by atoms with Gasteiger partial charge in [-0.25, -0.2) is 14.7 Å². The minimum absolute atomic E-state index is 0.165. The maximum absolute atomic E-state index is 12.7. The average Bonchev–Trinajstić information content (AvgIpc) is 3.29. The van der Waals surface area contributed by atoms with Crippen molar-refractivity contribution in [3.63, 3.8) is 0 Å². The van der Waals surface area contributed by atoms with Gasteiger partial charge in [0, 0.05) is 0 Å². The number of hydrogen-bond donors (Lipinski definition) is 3. The number of aromatic nitrogens is 2. The zero-order valence-electron chi connectivity index (χ0n) is 16.5. The number of H-pyrrole nitrogens is 1. The van der Waals surface area contributed by atoms with E-state index in [2.05, 4.69) is 20.6 Å². The first-order chi connectivity index (χ1) is 14.5. The molecule has 0 radical (unpaired) electrons. The number of rotatable bonds is 6. The molecule has 4 amide bonds. The summed E-state index contributed by atoms with van der Waals surface area (Å²) in [5, 5.41) is 5.39. The summed E-state index contributed by atoms with van der Waals surface area (Å²) >= 11 is 0. The van der Waals surface area contributed by atoms with Gasteiger partial charge in [0.2, 0.25) is 5.91 Å². The summed E-state index contributed by atoms with van der Waals surface area (Å²) in [5.41, 5.74) is 2.10. The quantitative estimate of drug-likeness (QED) is 0.542. The number of imidazole rings is 1. The number of carbonyl (C=O) groups excluding carboxylic acids is 3. The third-order valence-corrected chi connectivity index (χ3v) is 4.93. The fourth-order valence-electron chi connectivity index (χ4n) is 3.38. The zero-order chi connectivity index (χ0) is 21.3. The molecule has 2 atom stereocenters. The van der Waals surface area contributed by atoms with Crippen LogP contribution in [-0.4, -0.2) is 41.0 Å². The first-order valence-corrected chi connectivity index (χ1v) is 9.49. The van der Waals surface area contributed by atoms with Gasteiger partial charge in [-0.1, -0.05) is 12.1 Å². The Bertz CT molecular complexity index is 1080. The second-order valence-electron chi connectivity index (χ2n) is 7.01. The number of benzene rings is 2. The van der Waals surface area contributed by atoms with E-state index < -0.39 is 18.0 Å². The van der Waals surface area contributed by atoms with E-state index in [0.29, 0.717) is 17.3 Å². The lowest BCUT2D eigenvalue weighted by molar-refractivity contribution is -0.126. The molecule has 1 aliphatic rings. The smallest absolute Gasteiger partial charge is 0.329 e. The van der Waals surface area contributed by atoms with E-state index in [-0.39, 0.29) is 18.4 Å². The zero-order valence-corrected chi connectivity index (χ0v) is 16.5. The number of amides is 4. The van der Waals surface area contributed by atoms with Gasteiger partial charge in [0.25, 0.3) is 5.91 Å². The first kappa shape index (κ1) is 19.4. The lowest BCUT2D eigenvalue weighted by Gasteiger charge is -2.14. The van der Waals surface area contributed by atoms with Crippen LogP contribution in [0.4, 0.5) is 10.5 Å². The number of anilines is 1. The lowest BCUT2D eigenvalue weighted by atomic mass is 10.1. The second kappa shape index (κ2) is 7.86. The summed E-state index contributed by atoms with van der Waals surface area (Å²) in [4.78, 5) is 46.1. The minimum atomic E-state index is -0.928. The number of hydrogen-bond acceptors (Lipinski definition) is 5. The van der Waals surface area contributed by atoms with Crippen molar-refractivity contribution in [2.75, 3.05) is 12.0 Å². The fourth-order valence-corrected chi connectivity index (χ4v) is 3.38. The van der Waals surface area contributed by atoms with Crippen molar-refractivity contribution in [2.24, 2.45) is 0 Å². The van der Waals surface area contributed by atoms with Crippen molar-refractivity contribution in [3.05, 3.63) is 54.4 Å². The predicted molar refractivity (Wildman–Crippen MR) is 110 cm³/mol. The van der Waals surface area contributed by atoms with Crippen LogP contribution in [0.5, 0.6) is 5.75 Å². The number of methoxy groups -OCH3 is 1. The molecule has 9 heteroatoms. The van der Waals surface area contributed by atoms with E-state index in [4.69, 9.17) is 4.74 Å². The molecule has 0 aliphatic carbocycles. The first-order valence-electron chi connectivity index (χ1n) is 9.49. The van der Waals surface area contributed by atoms with E-state index in [1.54, 1.807) is 31.2 Å². The van der Waals surface area contributed by atoms with Crippen LogP contribution in [0.3, 0.4) is 0 Å². The monoisotopic (exact) mass is 407 g/mol. The van der Waals surface area contributed by atoms with Crippen molar-refractivity contribution in [3.8, 4) is 5.75 Å². The number of nitrogens with one attached hydrogen (secondary N) is 3. The van der Waals surface area contributed by atoms with E-state index in [1.165, 1.54) is 7.11 Å². The van der Waals surface area contributed by atoms with Gasteiger partial charge in [-0.15, -0.1) is 0 Å². The SMILES string of the molecule is COc1ccc(N2C(=O)NC(CC(=O)NC(C)c3nc4ccccc4[nH]3)C2=O)cc1. The minimum Gasteiger partial charge on any atom is -0.497 e. The van der Waals surface area contributed by atoms with Gasteiger partial charge in [-0.2, -0.15) is 0 Å². The highest BCUT2D eigenvalue weighted by Crippen LogP contribution is 2.23. The molecule has 154 valence electrons. The molecule has 4 rings (SSSR count). The number of imide groups is 1. The van der Waals surface area contributed by atoms with Crippen LogP contribution in [0.1, 0.15) is 25.2 Å². The standard InChI is InChI=1S/C21H21N5O4/c1-12(19-23-15-5-3-4-6-16(15)24-19)22-18(27)11-17-20(28)26(21(29)25-17)13-7-9-14(30-2)10-8-13/h3-10,12,17H,11H2,1-2H3,(H,22,27)(H,23,24)(H,25,29). The Morgan fingerprint density at radius 2 is 1.93 bits per heavy atom. The van der Waals surface area contributed by atoms with Crippen molar-refractivity contribution in [1.29, 1.82) is 0 Å². The molecule has 2 unspecified atom stereocenters. The molecule has 1 aliphatic heterocycles. The van der Waals surface area contributed by atoms with Crippen molar-refractivity contribution in [1.82, 2.24) is 20.6 Å². The Kier molecular flexibility index (Phi) is 5.09. The second-order valence-corrected chi connectivity index (χ2v) is 7.01. The Labute approximate surface area is 172 Å². The summed E-state index contributed by atoms with van der Waals surface area (Å²) in [6.07, 6.45) is -0.165. The van der Waals surface area contributed by atoms with Gasteiger partial charge in [-0.05, 0) is 43.3 Å². The number of aromatic amines is 1. The lowest BCUT2D eigenvalue weighted by Crippen LogP contribution is -2.37. The van der Waals surface area contributed by atoms with Crippen LogP contribution < -0.4 is 20.3 Å². The summed E-state index contributed by atoms with van der Waals surface area (Å²) in [5.74, 6) is 0.391. The Morgan fingerprint density at radius 3 is 2.63 bits per heavy atom. The number of para-hydroxylation sites is 2. The van der Waals surface area contributed by atoms with Crippen LogP contribution in [0.2, 0.25) is 0 Å². The Hall–Kier alpha value is -3.88. The topological polar surface area (TPSA) is 116 Å². The van der Waals surface area contributed by atoms with Gasteiger partial charge >= 0.3 is 6.03 Å². The molecular formula is C21H21N5O4. The third kappa shape index (κ3) is 3.69. The van der Waals surface area contributed by atoms with Crippen molar-refractivity contribution < 1.29 is 19.1 Å². The summed E-state index contributed by atoms with van der Waals surface area (Å²) < 4.78 is 5.09. The van der Waals surface area contributed by atoms with Crippen molar-refractivity contribution in [2.45, 2.75) is 25.4 Å². The Balaban J connectivity index is 1.40. The molecule has 0 spiro atoms. The molecule has 2 heterocycles. The highest BCUT2D eigenvalue weighted by Gasteiger charge is 2.40.